The first-order chi connectivity index (χ1) is 10.2. The Kier molecular flexibility index (Phi) is 3.55. The van der Waals surface area contributed by atoms with Gasteiger partial charge in [-0.05, 0) is 23.6 Å². The smallest absolute Gasteiger partial charge is 0.240 e. The molecule has 3 rings (SSSR count). The van der Waals surface area contributed by atoms with E-state index in [1.165, 1.54) is 30.6 Å². The van der Waals surface area contributed by atoms with E-state index in [0.29, 0.717) is 23.2 Å². The van der Waals surface area contributed by atoms with E-state index in [1.807, 2.05) is 11.4 Å². The molecule has 21 heavy (non-hydrogen) atoms. The zero-order chi connectivity index (χ0) is 14.8. The maximum absolute atomic E-state index is 13.2. The highest BCUT2D eigenvalue weighted by atomic mass is 32.1. The fraction of sp³-hybridized carbons (Fsp3) is 0.0769. The van der Waals surface area contributed by atoms with E-state index >= 15 is 0 Å². The molecule has 0 spiro atoms. The van der Waals surface area contributed by atoms with Gasteiger partial charge in [-0.25, -0.2) is 15.2 Å². The van der Waals surface area contributed by atoms with Gasteiger partial charge in [0, 0.05) is 6.07 Å². The van der Waals surface area contributed by atoms with Gasteiger partial charge in [0.2, 0.25) is 5.95 Å². The van der Waals surface area contributed by atoms with Crippen LogP contribution in [0.4, 0.5) is 21.8 Å². The van der Waals surface area contributed by atoms with Crippen molar-refractivity contribution in [2.24, 2.45) is 5.84 Å². The number of nitrogens with zero attached hydrogens (tertiary/aromatic N) is 2. The van der Waals surface area contributed by atoms with Crippen LogP contribution in [0.1, 0.15) is 0 Å². The number of methoxy groups -OCH3 is 1. The zero-order valence-electron chi connectivity index (χ0n) is 11.1. The molecular formula is C13H12FN5OS. The number of nitrogen functional groups attached to an aromatic ring is 1. The first-order valence-corrected chi connectivity index (χ1v) is 6.91. The van der Waals surface area contributed by atoms with Crippen molar-refractivity contribution in [3.63, 3.8) is 0 Å². The van der Waals surface area contributed by atoms with Gasteiger partial charge < -0.3 is 10.1 Å². The second kappa shape index (κ2) is 5.51. The third-order valence-electron chi connectivity index (χ3n) is 2.87. The molecule has 0 aliphatic rings. The quantitative estimate of drug-likeness (QED) is 0.507. The number of nitrogens with one attached hydrogen (secondary N) is 2. The Morgan fingerprint density at radius 3 is 2.90 bits per heavy atom. The lowest BCUT2D eigenvalue weighted by molar-refractivity contribution is 0.413. The zero-order valence-corrected chi connectivity index (χ0v) is 11.9. The number of nitrogens with two attached hydrogens (primary N) is 1. The molecule has 0 saturated carbocycles. The molecule has 0 saturated heterocycles. The summed E-state index contributed by atoms with van der Waals surface area (Å²) < 4.78 is 18.4. The molecule has 3 aromatic rings. The molecule has 4 N–H and O–H groups in total. The fourth-order valence-corrected chi connectivity index (χ4v) is 2.67. The number of fused-ring (bicyclic) bond motifs is 1. The van der Waals surface area contributed by atoms with Gasteiger partial charge in [-0.15, -0.1) is 11.3 Å². The summed E-state index contributed by atoms with van der Waals surface area (Å²) in [5.41, 5.74) is 3.03. The molecule has 0 unspecified atom stereocenters. The molecule has 0 radical (unpaired) electrons. The van der Waals surface area contributed by atoms with Crippen LogP contribution < -0.4 is 21.3 Å². The van der Waals surface area contributed by atoms with Crippen molar-refractivity contribution in [1.29, 1.82) is 0 Å². The summed E-state index contributed by atoms with van der Waals surface area (Å²) in [6.07, 6.45) is 0. The third-order valence-corrected chi connectivity index (χ3v) is 3.68. The highest BCUT2D eigenvalue weighted by molar-refractivity contribution is 7.16. The van der Waals surface area contributed by atoms with E-state index in [2.05, 4.69) is 20.7 Å². The van der Waals surface area contributed by atoms with Crippen LogP contribution in [0.3, 0.4) is 0 Å². The second-order valence-electron chi connectivity index (χ2n) is 4.15. The summed E-state index contributed by atoms with van der Waals surface area (Å²) >= 11 is 1.48. The van der Waals surface area contributed by atoms with E-state index in [0.717, 1.165) is 10.2 Å². The molecule has 1 aromatic carbocycles. The summed E-state index contributed by atoms with van der Waals surface area (Å²) in [5.74, 6) is 6.26. The van der Waals surface area contributed by atoms with Crippen molar-refractivity contribution < 1.29 is 9.13 Å². The van der Waals surface area contributed by atoms with Crippen LogP contribution >= 0.6 is 11.3 Å². The number of hydrazine groups is 1. The van der Waals surface area contributed by atoms with Gasteiger partial charge in [0.25, 0.3) is 0 Å². The molecule has 108 valence electrons. The third kappa shape index (κ3) is 2.58. The van der Waals surface area contributed by atoms with Crippen molar-refractivity contribution in [2.75, 3.05) is 17.9 Å². The molecule has 0 bridgehead atoms. The van der Waals surface area contributed by atoms with Crippen molar-refractivity contribution in [2.45, 2.75) is 0 Å². The van der Waals surface area contributed by atoms with E-state index in [-0.39, 0.29) is 5.82 Å². The molecular weight excluding hydrogens is 293 g/mol. The van der Waals surface area contributed by atoms with Crippen molar-refractivity contribution in [3.8, 4) is 5.75 Å². The number of thiophene rings is 1. The highest BCUT2D eigenvalue weighted by Gasteiger charge is 2.11. The van der Waals surface area contributed by atoms with Gasteiger partial charge in [-0.3, -0.25) is 5.43 Å². The summed E-state index contributed by atoms with van der Waals surface area (Å²) in [6.45, 7) is 0. The molecule has 0 fully saturated rings. The van der Waals surface area contributed by atoms with Crippen molar-refractivity contribution in [1.82, 2.24) is 9.97 Å². The van der Waals surface area contributed by atoms with E-state index in [1.54, 1.807) is 6.07 Å². The topological polar surface area (TPSA) is 85.1 Å². The molecule has 0 aliphatic heterocycles. The molecule has 0 atom stereocenters. The number of anilines is 3. The van der Waals surface area contributed by atoms with Crippen LogP contribution in [0.25, 0.3) is 10.2 Å². The molecule has 0 amide bonds. The van der Waals surface area contributed by atoms with Crippen LogP contribution in [-0.4, -0.2) is 17.1 Å². The number of aromatic nitrogens is 2. The number of halogens is 1. The van der Waals surface area contributed by atoms with Crippen LogP contribution in [0.15, 0.2) is 29.6 Å². The molecule has 2 heterocycles. The summed E-state index contributed by atoms with van der Waals surface area (Å²) in [4.78, 5) is 9.33. The Bertz CT molecular complexity index is 791. The number of hydrogen-bond donors (Lipinski definition) is 3. The first kappa shape index (κ1) is 13.5. The van der Waals surface area contributed by atoms with E-state index in [9.17, 15) is 4.39 Å². The number of hydrogen-bond acceptors (Lipinski definition) is 7. The van der Waals surface area contributed by atoms with Crippen LogP contribution in [0.5, 0.6) is 5.75 Å². The average molecular weight is 305 g/mol. The standard InChI is InChI=1S/C13H12FN5OS/c1-20-10-6-7(14)2-3-9(10)16-11-8-4-5-21-12(8)18-13(17-11)19-15/h2-6H,15H2,1H3,(H2,16,17,18,19). The molecule has 2 aromatic heterocycles. The summed E-state index contributed by atoms with van der Waals surface area (Å²) in [5, 5.41) is 5.88. The second-order valence-corrected chi connectivity index (χ2v) is 5.04. The molecule has 8 heteroatoms. The Balaban J connectivity index is 2.07. The van der Waals surface area contributed by atoms with Crippen LogP contribution in [0, 0.1) is 5.82 Å². The van der Waals surface area contributed by atoms with Gasteiger partial charge in [-0.1, -0.05) is 0 Å². The normalized spacial score (nSPS) is 10.6. The first-order valence-electron chi connectivity index (χ1n) is 6.03. The lowest BCUT2D eigenvalue weighted by Crippen LogP contribution is -2.11. The maximum atomic E-state index is 13.2. The Hall–Kier alpha value is -2.45. The average Bonchev–Trinajstić information content (AvgIpc) is 2.97. The number of benzene rings is 1. The van der Waals surface area contributed by atoms with E-state index in [4.69, 9.17) is 10.6 Å². The monoisotopic (exact) mass is 305 g/mol. The predicted molar refractivity (Wildman–Crippen MR) is 81.5 cm³/mol. The summed E-state index contributed by atoms with van der Waals surface area (Å²) in [6, 6.07) is 6.14. The largest absolute Gasteiger partial charge is 0.494 e. The molecule has 0 aliphatic carbocycles. The van der Waals surface area contributed by atoms with Crippen LogP contribution in [-0.2, 0) is 0 Å². The predicted octanol–water partition coefficient (Wildman–Crippen LogP) is 2.87. The maximum Gasteiger partial charge on any atom is 0.240 e. The Morgan fingerprint density at radius 1 is 1.29 bits per heavy atom. The minimum atomic E-state index is -0.370. The lowest BCUT2D eigenvalue weighted by atomic mass is 10.2. The minimum Gasteiger partial charge on any atom is -0.494 e. The van der Waals surface area contributed by atoms with Gasteiger partial charge in [-0.2, -0.15) is 4.98 Å². The highest BCUT2D eigenvalue weighted by Crippen LogP contribution is 2.32. The molecule has 6 nitrogen and oxygen atoms in total. The minimum absolute atomic E-state index is 0.300. The fourth-order valence-electron chi connectivity index (χ4n) is 1.91. The van der Waals surface area contributed by atoms with E-state index < -0.39 is 0 Å². The van der Waals surface area contributed by atoms with Crippen molar-refractivity contribution >= 4 is 39.0 Å². The van der Waals surface area contributed by atoms with Gasteiger partial charge >= 0.3 is 0 Å². The van der Waals surface area contributed by atoms with Gasteiger partial charge in [0.1, 0.15) is 22.2 Å². The van der Waals surface area contributed by atoms with Crippen LogP contribution in [0.2, 0.25) is 0 Å². The Morgan fingerprint density at radius 2 is 2.14 bits per heavy atom. The summed E-state index contributed by atoms with van der Waals surface area (Å²) in [7, 11) is 1.48. The number of ether oxygens (including phenoxy) is 1. The lowest BCUT2D eigenvalue weighted by Gasteiger charge is -2.12. The SMILES string of the molecule is COc1cc(F)ccc1Nc1nc(NN)nc2sccc12. The van der Waals surface area contributed by atoms with Gasteiger partial charge in [0.05, 0.1) is 18.2 Å². The Labute approximate surface area is 123 Å². The van der Waals surface area contributed by atoms with Gasteiger partial charge in [0.15, 0.2) is 0 Å². The number of rotatable bonds is 4. The van der Waals surface area contributed by atoms with Crippen molar-refractivity contribution in [3.05, 3.63) is 35.5 Å².